The van der Waals surface area contributed by atoms with Gasteiger partial charge in [0.25, 0.3) is 5.91 Å². The number of rotatable bonds is 4. The van der Waals surface area contributed by atoms with E-state index in [0.717, 1.165) is 38.1 Å². The summed E-state index contributed by atoms with van der Waals surface area (Å²) in [6.07, 6.45) is 1.74. The van der Waals surface area contributed by atoms with Crippen molar-refractivity contribution in [3.8, 4) is 0 Å². The quantitative estimate of drug-likeness (QED) is 0.920. The van der Waals surface area contributed by atoms with Crippen molar-refractivity contribution in [2.24, 2.45) is 5.92 Å². The molecule has 1 saturated heterocycles. The first-order chi connectivity index (χ1) is 9.63. The number of benzene rings is 1. The minimum Gasteiger partial charge on any atom is -0.338 e. The number of hydrogen-bond acceptors (Lipinski definition) is 2. The number of hydrogen-bond donors (Lipinski definition) is 1. The normalized spacial score (nSPS) is 16.4. The van der Waals surface area contributed by atoms with E-state index in [9.17, 15) is 13.6 Å². The Hall–Kier alpha value is -1.49. The molecule has 3 nitrogen and oxygen atoms in total. The van der Waals surface area contributed by atoms with Gasteiger partial charge in [0.15, 0.2) is 0 Å². The topological polar surface area (TPSA) is 32.3 Å². The first-order valence-corrected chi connectivity index (χ1v) is 7.07. The fraction of sp³-hybridized carbons (Fsp3) is 0.533. The van der Waals surface area contributed by atoms with E-state index in [1.807, 2.05) is 0 Å². The summed E-state index contributed by atoms with van der Waals surface area (Å²) in [5.41, 5.74) is -0.433. The van der Waals surface area contributed by atoms with Crippen molar-refractivity contribution in [2.75, 3.05) is 26.2 Å². The highest BCUT2D eigenvalue weighted by Gasteiger charge is 2.27. The maximum absolute atomic E-state index is 13.6. The molecule has 0 unspecified atom stereocenters. The van der Waals surface area contributed by atoms with E-state index >= 15 is 0 Å². The SMILES string of the molecule is CCNCC1CCN(C(=O)c2c(F)cccc2F)CC1. The van der Waals surface area contributed by atoms with Gasteiger partial charge in [-0.05, 0) is 44.0 Å². The standard InChI is InChI=1S/C15H20F2N2O/c1-2-18-10-11-6-8-19(9-7-11)15(20)14-12(16)4-3-5-13(14)17/h3-5,11,18H,2,6-10H2,1H3. The number of likely N-dealkylation sites (tertiary alicyclic amines) is 1. The van der Waals surface area contributed by atoms with Gasteiger partial charge in [-0.15, -0.1) is 0 Å². The van der Waals surface area contributed by atoms with Gasteiger partial charge in [0.05, 0.1) is 0 Å². The van der Waals surface area contributed by atoms with Crippen LogP contribution in [-0.2, 0) is 0 Å². The highest BCUT2D eigenvalue weighted by atomic mass is 19.1. The van der Waals surface area contributed by atoms with Crippen LogP contribution in [0.3, 0.4) is 0 Å². The first-order valence-electron chi connectivity index (χ1n) is 7.07. The molecule has 0 aromatic heterocycles. The molecule has 1 fully saturated rings. The van der Waals surface area contributed by atoms with Gasteiger partial charge in [0.2, 0.25) is 0 Å². The Bertz CT molecular complexity index is 451. The second kappa shape index (κ2) is 6.79. The van der Waals surface area contributed by atoms with Gasteiger partial charge >= 0.3 is 0 Å². The largest absolute Gasteiger partial charge is 0.338 e. The number of carbonyl (C=O) groups is 1. The highest BCUT2D eigenvalue weighted by Crippen LogP contribution is 2.21. The third-order valence-electron chi connectivity index (χ3n) is 3.76. The van der Waals surface area contributed by atoms with Crippen molar-refractivity contribution in [2.45, 2.75) is 19.8 Å². The van der Waals surface area contributed by atoms with Crippen LogP contribution < -0.4 is 5.32 Å². The molecule has 20 heavy (non-hydrogen) atoms. The molecule has 1 aromatic carbocycles. The molecule has 1 aromatic rings. The molecule has 1 aliphatic rings. The van der Waals surface area contributed by atoms with Gasteiger partial charge in [-0.1, -0.05) is 13.0 Å². The molecule has 5 heteroatoms. The lowest BCUT2D eigenvalue weighted by molar-refractivity contribution is 0.0680. The number of carbonyl (C=O) groups excluding carboxylic acids is 1. The fourth-order valence-corrected chi connectivity index (χ4v) is 2.55. The van der Waals surface area contributed by atoms with Crippen molar-refractivity contribution >= 4 is 5.91 Å². The molecule has 0 spiro atoms. The smallest absolute Gasteiger partial charge is 0.259 e. The molecular formula is C15H20F2N2O. The Morgan fingerprint density at radius 1 is 1.30 bits per heavy atom. The zero-order valence-corrected chi connectivity index (χ0v) is 11.7. The third kappa shape index (κ3) is 3.33. The van der Waals surface area contributed by atoms with Gasteiger partial charge in [-0.3, -0.25) is 4.79 Å². The summed E-state index contributed by atoms with van der Waals surface area (Å²) in [5, 5.41) is 3.29. The molecule has 0 atom stereocenters. The van der Waals surface area contributed by atoms with E-state index in [0.29, 0.717) is 19.0 Å². The Labute approximate surface area is 118 Å². The second-order valence-electron chi connectivity index (χ2n) is 5.14. The van der Waals surface area contributed by atoms with E-state index in [1.54, 1.807) is 4.90 Å². The van der Waals surface area contributed by atoms with Crippen molar-refractivity contribution in [3.05, 3.63) is 35.4 Å². The monoisotopic (exact) mass is 282 g/mol. The zero-order chi connectivity index (χ0) is 14.5. The lowest BCUT2D eigenvalue weighted by atomic mass is 9.96. The first kappa shape index (κ1) is 14.9. The Morgan fingerprint density at radius 2 is 1.90 bits per heavy atom. The van der Waals surface area contributed by atoms with E-state index < -0.39 is 23.1 Å². The van der Waals surface area contributed by atoms with Gasteiger partial charge in [0.1, 0.15) is 17.2 Å². The van der Waals surface area contributed by atoms with Crippen LogP contribution >= 0.6 is 0 Å². The number of halogens is 2. The van der Waals surface area contributed by atoms with Crippen molar-refractivity contribution in [1.82, 2.24) is 10.2 Å². The Balaban J connectivity index is 1.98. The Kier molecular flexibility index (Phi) is 5.06. The molecular weight excluding hydrogens is 262 g/mol. The van der Waals surface area contributed by atoms with Crippen LogP contribution in [0.2, 0.25) is 0 Å². The average Bonchev–Trinajstić information content (AvgIpc) is 2.45. The van der Waals surface area contributed by atoms with Crippen LogP contribution in [0.4, 0.5) is 8.78 Å². The molecule has 110 valence electrons. The van der Waals surface area contributed by atoms with Crippen LogP contribution in [0.1, 0.15) is 30.1 Å². The van der Waals surface area contributed by atoms with Gasteiger partial charge < -0.3 is 10.2 Å². The van der Waals surface area contributed by atoms with Crippen LogP contribution in [-0.4, -0.2) is 37.0 Å². The molecule has 0 radical (unpaired) electrons. The predicted octanol–water partition coefficient (Wildman–Crippen LogP) is 2.43. The molecule has 0 bridgehead atoms. The maximum atomic E-state index is 13.6. The van der Waals surface area contributed by atoms with Gasteiger partial charge in [-0.2, -0.15) is 0 Å². The van der Waals surface area contributed by atoms with Crippen LogP contribution in [0.25, 0.3) is 0 Å². The van der Waals surface area contributed by atoms with Crippen molar-refractivity contribution in [3.63, 3.8) is 0 Å². The van der Waals surface area contributed by atoms with E-state index in [-0.39, 0.29) is 0 Å². The van der Waals surface area contributed by atoms with Crippen molar-refractivity contribution in [1.29, 1.82) is 0 Å². The molecule has 0 aliphatic carbocycles. The zero-order valence-electron chi connectivity index (χ0n) is 11.7. The Morgan fingerprint density at radius 3 is 2.45 bits per heavy atom. The van der Waals surface area contributed by atoms with E-state index in [1.165, 1.54) is 6.07 Å². The highest BCUT2D eigenvalue weighted by molar-refractivity contribution is 5.94. The number of nitrogens with one attached hydrogen (secondary N) is 1. The fourth-order valence-electron chi connectivity index (χ4n) is 2.55. The lowest BCUT2D eigenvalue weighted by Gasteiger charge is -2.32. The van der Waals surface area contributed by atoms with Gasteiger partial charge in [0, 0.05) is 13.1 Å². The van der Waals surface area contributed by atoms with Crippen molar-refractivity contribution < 1.29 is 13.6 Å². The number of amides is 1. The molecule has 2 rings (SSSR count). The summed E-state index contributed by atoms with van der Waals surface area (Å²) in [6.45, 7) is 5.04. The summed E-state index contributed by atoms with van der Waals surface area (Å²) in [7, 11) is 0. The van der Waals surface area contributed by atoms with Crippen LogP contribution in [0, 0.1) is 17.6 Å². The second-order valence-corrected chi connectivity index (χ2v) is 5.14. The molecule has 0 saturated carbocycles. The predicted molar refractivity (Wildman–Crippen MR) is 73.5 cm³/mol. The molecule has 1 N–H and O–H groups in total. The van der Waals surface area contributed by atoms with E-state index in [4.69, 9.17) is 0 Å². The molecule has 1 aliphatic heterocycles. The molecule has 1 heterocycles. The lowest BCUT2D eigenvalue weighted by Crippen LogP contribution is -2.41. The maximum Gasteiger partial charge on any atom is 0.259 e. The summed E-state index contributed by atoms with van der Waals surface area (Å²) in [5.74, 6) is -1.58. The number of nitrogens with zero attached hydrogens (tertiary/aromatic N) is 1. The summed E-state index contributed by atoms with van der Waals surface area (Å²) < 4.78 is 27.2. The van der Waals surface area contributed by atoms with Gasteiger partial charge in [-0.25, -0.2) is 8.78 Å². The van der Waals surface area contributed by atoms with Crippen LogP contribution in [0.15, 0.2) is 18.2 Å². The van der Waals surface area contributed by atoms with Crippen LogP contribution in [0.5, 0.6) is 0 Å². The summed E-state index contributed by atoms with van der Waals surface area (Å²) >= 11 is 0. The van der Waals surface area contributed by atoms with E-state index in [2.05, 4.69) is 12.2 Å². The minimum atomic E-state index is -0.787. The third-order valence-corrected chi connectivity index (χ3v) is 3.76. The number of piperidine rings is 1. The average molecular weight is 282 g/mol. The summed E-state index contributed by atoms with van der Waals surface area (Å²) in [6, 6.07) is 3.51. The summed E-state index contributed by atoms with van der Waals surface area (Å²) in [4.78, 5) is 13.7. The molecule has 1 amide bonds. The minimum absolute atomic E-state index is 0.433.